The summed E-state index contributed by atoms with van der Waals surface area (Å²) < 4.78 is 12.5. The Morgan fingerprint density at radius 2 is 1.69 bits per heavy atom. The number of hydrogen-bond donors (Lipinski definition) is 1. The Bertz CT molecular complexity index is 1470. The highest BCUT2D eigenvalue weighted by molar-refractivity contribution is 6.36. The third kappa shape index (κ3) is 6.89. The summed E-state index contributed by atoms with van der Waals surface area (Å²) >= 11 is 13.0. The van der Waals surface area contributed by atoms with Gasteiger partial charge in [-0.05, 0) is 104 Å². The van der Waals surface area contributed by atoms with E-state index < -0.39 is 0 Å². The van der Waals surface area contributed by atoms with Crippen molar-refractivity contribution < 1.29 is 9.47 Å². The molecule has 0 amide bonds. The first-order valence-electron chi connectivity index (χ1n) is 15.0. The van der Waals surface area contributed by atoms with Crippen LogP contribution in [0.5, 0.6) is 11.5 Å². The third-order valence-electron chi connectivity index (χ3n) is 8.53. The van der Waals surface area contributed by atoms with Gasteiger partial charge in [0, 0.05) is 17.6 Å². The van der Waals surface area contributed by atoms with Gasteiger partial charge >= 0.3 is 0 Å². The zero-order valence-electron chi connectivity index (χ0n) is 24.1. The monoisotopic (exact) mass is 600 g/mol. The molecule has 218 valence electrons. The minimum absolute atomic E-state index is 0.118. The highest BCUT2D eigenvalue weighted by atomic mass is 35.5. The van der Waals surface area contributed by atoms with Crippen LogP contribution in [0.4, 0.5) is 5.69 Å². The molecule has 2 aliphatic heterocycles. The molecule has 6 heteroatoms. The lowest BCUT2D eigenvalue weighted by molar-refractivity contribution is 0.152. The summed E-state index contributed by atoms with van der Waals surface area (Å²) in [6.45, 7) is 4.66. The van der Waals surface area contributed by atoms with Crippen LogP contribution < -0.4 is 19.7 Å². The molecular formula is C36H38Cl2N2O2. The lowest BCUT2D eigenvalue weighted by atomic mass is 9.88. The summed E-state index contributed by atoms with van der Waals surface area (Å²) in [5.74, 6) is 1.82. The average Bonchev–Trinajstić information content (AvgIpc) is 3.02. The van der Waals surface area contributed by atoms with E-state index >= 15 is 0 Å². The SMILES string of the molecule is CC(Oc1ccc(CC2c3ccc(OCc4ccccc4)cc3CCN2c2ccc(Cl)cc2Cl)cc1)C1CCCCN1. The molecule has 0 bridgehead atoms. The van der Waals surface area contributed by atoms with Gasteiger partial charge in [0.05, 0.1) is 16.8 Å². The Morgan fingerprint density at radius 1 is 0.881 bits per heavy atom. The number of nitrogens with zero attached hydrogens (tertiary/aromatic N) is 1. The van der Waals surface area contributed by atoms with Crippen molar-refractivity contribution in [2.24, 2.45) is 0 Å². The van der Waals surface area contributed by atoms with Crippen LogP contribution in [0.3, 0.4) is 0 Å². The molecule has 0 aliphatic carbocycles. The van der Waals surface area contributed by atoms with E-state index in [-0.39, 0.29) is 12.1 Å². The summed E-state index contributed by atoms with van der Waals surface area (Å²) in [5.41, 5.74) is 6.05. The van der Waals surface area contributed by atoms with Gasteiger partial charge in [0.2, 0.25) is 0 Å². The van der Waals surface area contributed by atoms with Crippen molar-refractivity contribution >= 4 is 28.9 Å². The topological polar surface area (TPSA) is 33.7 Å². The van der Waals surface area contributed by atoms with Gasteiger partial charge in [-0.2, -0.15) is 0 Å². The predicted octanol–water partition coefficient (Wildman–Crippen LogP) is 8.83. The smallest absolute Gasteiger partial charge is 0.120 e. The highest BCUT2D eigenvalue weighted by Crippen LogP contribution is 2.41. The van der Waals surface area contributed by atoms with Crippen molar-refractivity contribution in [1.82, 2.24) is 5.32 Å². The molecule has 4 aromatic rings. The molecule has 0 radical (unpaired) electrons. The second-order valence-electron chi connectivity index (χ2n) is 11.4. The first-order valence-corrected chi connectivity index (χ1v) is 15.8. The number of anilines is 1. The van der Waals surface area contributed by atoms with Gasteiger partial charge in [-0.25, -0.2) is 0 Å². The Hall–Kier alpha value is -3.18. The number of nitrogens with one attached hydrogen (secondary N) is 1. The lowest BCUT2D eigenvalue weighted by Crippen LogP contribution is -2.44. The van der Waals surface area contributed by atoms with E-state index in [0.29, 0.717) is 22.7 Å². The van der Waals surface area contributed by atoms with Crippen molar-refractivity contribution in [2.75, 3.05) is 18.0 Å². The molecule has 0 spiro atoms. The first-order chi connectivity index (χ1) is 20.5. The Morgan fingerprint density at radius 3 is 2.45 bits per heavy atom. The lowest BCUT2D eigenvalue weighted by Gasteiger charge is -2.40. The molecule has 3 unspecified atom stereocenters. The van der Waals surface area contributed by atoms with Gasteiger partial charge in [0.15, 0.2) is 0 Å². The average molecular weight is 602 g/mol. The quantitative estimate of drug-likeness (QED) is 0.208. The Labute approximate surface area is 259 Å². The molecule has 42 heavy (non-hydrogen) atoms. The second kappa shape index (κ2) is 13.4. The minimum atomic E-state index is 0.118. The zero-order valence-corrected chi connectivity index (χ0v) is 25.6. The van der Waals surface area contributed by atoms with E-state index in [0.717, 1.165) is 48.7 Å². The Balaban J connectivity index is 1.22. The van der Waals surface area contributed by atoms with E-state index in [2.05, 4.69) is 71.7 Å². The fraction of sp³-hybridized carbons (Fsp3) is 0.333. The van der Waals surface area contributed by atoms with Crippen LogP contribution in [0.15, 0.2) is 91.0 Å². The summed E-state index contributed by atoms with van der Waals surface area (Å²) in [6, 6.07) is 31.8. The molecule has 6 rings (SSSR count). The second-order valence-corrected chi connectivity index (χ2v) is 12.3. The first kappa shape index (κ1) is 28.9. The number of piperidine rings is 1. The number of hydrogen-bond acceptors (Lipinski definition) is 4. The molecular weight excluding hydrogens is 563 g/mol. The van der Waals surface area contributed by atoms with Crippen molar-refractivity contribution in [2.45, 2.75) is 63.8 Å². The van der Waals surface area contributed by atoms with Crippen LogP contribution >= 0.6 is 23.2 Å². The Kier molecular flexibility index (Phi) is 9.24. The summed E-state index contributed by atoms with van der Waals surface area (Å²) in [7, 11) is 0. The van der Waals surface area contributed by atoms with Crippen molar-refractivity contribution in [3.05, 3.63) is 123 Å². The van der Waals surface area contributed by atoms with Crippen molar-refractivity contribution in [3.8, 4) is 11.5 Å². The van der Waals surface area contributed by atoms with E-state index in [1.54, 1.807) is 0 Å². The normalized spacial score (nSPS) is 19.2. The van der Waals surface area contributed by atoms with E-state index in [1.807, 2.05) is 36.4 Å². The van der Waals surface area contributed by atoms with Crippen LogP contribution in [-0.2, 0) is 19.4 Å². The number of rotatable bonds is 9. The molecule has 1 saturated heterocycles. The summed E-state index contributed by atoms with van der Waals surface area (Å²) in [4.78, 5) is 2.42. The summed E-state index contributed by atoms with van der Waals surface area (Å²) in [6.07, 6.45) is 5.58. The van der Waals surface area contributed by atoms with Crippen LogP contribution in [0.25, 0.3) is 0 Å². The number of benzene rings is 4. The molecule has 0 aromatic heterocycles. The van der Waals surface area contributed by atoms with Gasteiger partial charge in [-0.15, -0.1) is 0 Å². The van der Waals surface area contributed by atoms with E-state index in [9.17, 15) is 0 Å². The molecule has 1 N–H and O–H groups in total. The van der Waals surface area contributed by atoms with Gasteiger partial charge < -0.3 is 19.7 Å². The van der Waals surface area contributed by atoms with E-state index in [1.165, 1.54) is 36.0 Å². The van der Waals surface area contributed by atoms with E-state index in [4.69, 9.17) is 32.7 Å². The number of fused-ring (bicyclic) bond motifs is 1. The van der Waals surface area contributed by atoms with Gasteiger partial charge in [0.25, 0.3) is 0 Å². The standard InChI is InChI=1S/C36H38Cl2N2O2/c1-25(34-9-5-6-19-39-34)42-30-13-10-26(11-14-30)21-36-32-16-15-31(41-24-27-7-3-2-4-8-27)22-28(32)18-20-40(36)35-17-12-29(37)23-33(35)38/h2-4,7-8,10-17,22-23,25,34,36,39H,5-6,9,18-21,24H2,1H3. The van der Waals surface area contributed by atoms with Gasteiger partial charge in [0.1, 0.15) is 24.2 Å². The largest absolute Gasteiger partial charge is 0.489 e. The maximum Gasteiger partial charge on any atom is 0.120 e. The predicted molar refractivity (Wildman–Crippen MR) is 173 cm³/mol. The fourth-order valence-electron chi connectivity index (χ4n) is 6.25. The molecule has 0 saturated carbocycles. The van der Waals surface area contributed by atoms with Crippen LogP contribution in [0.2, 0.25) is 10.0 Å². The molecule has 2 aliphatic rings. The van der Waals surface area contributed by atoms with Gasteiger partial charge in [-0.1, -0.05) is 78.2 Å². The number of halogens is 2. The zero-order chi connectivity index (χ0) is 28.9. The summed E-state index contributed by atoms with van der Waals surface area (Å²) in [5, 5.41) is 4.92. The third-order valence-corrected chi connectivity index (χ3v) is 9.07. The molecule has 2 heterocycles. The number of ether oxygens (including phenoxy) is 2. The molecule has 4 aromatic carbocycles. The molecule has 1 fully saturated rings. The maximum atomic E-state index is 6.75. The molecule has 4 nitrogen and oxygen atoms in total. The fourth-order valence-corrected chi connectivity index (χ4v) is 6.76. The van der Waals surface area contributed by atoms with Crippen LogP contribution in [0, 0.1) is 0 Å². The highest BCUT2D eigenvalue weighted by Gasteiger charge is 2.30. The van der Waals surface area contributed by atoms with Crippen molar-refractivity contribution in [3.63, 3.8) is 0 Å². The van der Waals surface area contributed by atoms with Crippen LogP contribution in [0.1, 0.15) is 54.5 Å². The van der Waals surface area contributed by atoms with Crippen molar-refractivity contribution in [1.29, 1.82) is 0 Å². The molecule has 3 atom stereocenters. The maximum absolute atomic E-state index is 6.75. The van der Waals surface area contributed by atoms with Crippen LogP contribution in [-0.4, -0.2) is 25.2 Å². The van der Waals surface area contributed by atoms with Gasteiger partial charge in [-0.3, -0.25) is 0 Å². The minimum Gasteiger partial charge on any atom is -0.489 e.